The number of anilines is 1. The normalized spacial score (nSPS) is 18.0. The highest BCUT2D eigenvalue weighted by molar-refractivity contribution is 6.32. The van der Waals surface area contributed by atoms with Gasteiger partial charge in [0.2, 0.25) is 0 Å². The van der Waals surface area contributed by atoms with Crippen molar-refractivity contribution in [2.45, 2.75) is 19.0 Å². The first-order chi connectivity index (χ1) is 11.8. The van der Waals surface area contributed by atoms with Crippen LogP contribution in [0.15, 0.2) is 36.0 Å². The molecular weight excluding hydrogens is 328 g/mol. The van der Waals surface area contributed by atoms with E-state index in [-0.39, 0.29) is 0 Å². The molecule has 24 heavy (non-hydrogen) atoms. The molecule has 1 aliphatic heterocycles. The standard InChI is InChI=1S/C15H21ClN8/c1-17-15(20-6-8-24-11-18-10-21-24)22-12-4-7-23(9-12)14-13(16)3-2-5-19-14/h2-3,5,10-12H,4,6-9H2,1H3,(H2,17,20,22). The molecule has 0 aromatic carbocycles. The van der Waals surface area contributed by atoms with Gasteiger partial charge in [-0.2, -0.15) is 5.10 Å². The molecule has 1 atom stereocenters. The van der Waals surface area contributed by atoms with Crippen molar-refractivity contribution < 1.29 is 0 Å². The third-order valence-electron chi connectivity index (χ3n) is 3.89. The van der Waals surface area contributed by atoms with E-state index in [1.165, 1.54) is 6.33 Å². The van der Waals surface area contributed by atoms with Crippen LogP contribution in [0.5, 0.6) is 0 Å². The quantitative estimate of drug-likeness (QED) is 0.613. The number of aliphatic imine (C=N–C) groups is 1. The summed E-state index contributed by atoms with van der Waals surface area (Å²) < 4.78 is 1.78. The van der Waals surface area contributed by atoms with Gasteiger partial charge in [-0.1, -0.05) is 11.6 Å². The predicted octanol–water partition coefficient (Wildman–Crippen LogP) is 0.770. The highest BCUT2D eigenvalue weighted by Gasteiger charge is 2.25. The second-order valence-corrected chi connectivity index (χ2v) is 5.95. The van der Waals surface area contributed by atoms with Gasteiger partial charge in [0.25, 0.3) is 0 Å². The van der Waals surface area contributed by atoms with E-state index in [0.29, 0.717) is 11.1 Å². The van der Waals surface area contributed by atoms with Gasteiger partial charge in [-0.25, -0.2) is 9.97 Å². The van der Waals surface area contributed by atoms with E-state index in [2.05, 4.69) is 35.6 Å². The van der Waals surface area contributed by atoms with Crippen LogP contribution in [0, 0.1) is 0 Å². The first-order valence-corrected chi connectivity index (χ1v) is 8.29. The van der Waals surface area contributed by atoms with Gasteiger partial charge in [0.05, 0.1) is 11.6 Å². The Morgan fingerprint density at radius 1 is 1.50 bits per heavy atom. The van der Waals surface area contributed by atoms with Crippen LogP contribution in [-0.2, 0) is 6.54 Å². The van der Waals surface area contributed by atoms with Gasteiger partial charge in [0.1, 0.15) is 18.5 Å². The molecule has 1 unspecified atom stereocenters. The minimum atomic E-state index is 0.306. The molecule has 3 heterocycles. The lowest BCUT2D eigenvalue weighted by atomic mass is 10.3. The summed E-state index contributed by atoms with van der Waals surface area (Å²) in [5.74, 6) is 1.63. The van der Waals surface area contributed by atoms with E-state index in [1.54, 1.807) is 24.3 Å². The minimum absolute atomic E-state index is 0.306. The second kappa shape index (κ2) is 7.96. The van der Waals surface area contributed by atoms with Crippen molar-refractivity contribution in [2.24, 2.45) is 4.99 Å². The Morgan fingerprint density at radius 2 is 2.42 bits per heavy atom. The topological polar surface area (TPSA) is 83.3 Å². The number of nitrogens with zero attached hydrogens (tertiary/aromatic N) is 6. The molecule has 2 aromatic rings. The molecule has 1 aliphatic rings. The Hall–Kier alpha value is -2.35. The molecule has 0 bridgehead atoms. The Morgan fingerprint density at radius 3 is 3.17 bits per heavy atom. The van der Waals surface area contributed by atoms with Gasteiger partial charge in [-0.05, 0) is 18.6 Å². The summed E-state index contributed by atoms with van der Waals surface area (Å²) in [6, 6.07) is 4.02. The van der Waals surface area contributed by atoms with Crippen molar-refractivity contribution in [3.05, 3.63) is 36.0 Å². The van der Waals surface area contributed by atoms with Gasteiger partial charge in [-0.15, -0.1) is 0 Å². The van der Waals surface area contributed by atoms with Crippen molar-refractivity contribution in [3.63, 3.8) is 0 Å². The maximum atomic E-state index is 6.23. The van der Waals surface area contributed by atoms with Crippen molar-refractivity contribution >= 4 is 23.4 Å². The lowest BCUT2D eigenvalue weighted by Crippen LogP contribution is -2.45. The smallest absolute Gasteiger partial charge is 0.191 e. The van der Waals surface area contributed by atoms with E-state index < -0.39 is 0 Å². The van der Waals surface area contributed by atoms with E-state index in [1.807, 2.05) is 12.1 Å². The van der Waals surface area contributed by atoms with Crippen LogP contribution in [0.4, 0.5) is 5.82 Å². The molecule has 1 fully saturated rings. The SMILES string of the molecule is CN=C(NCCn1cncn1)NC1CCN(c2ncccc2Cl)C1. The van der Waals surface area contributed by atoms with Crippen LogP contribution >= 0.6 is 11.6 Å². The number of aromatic nitrogens is 4. The van der Waals surface area contributed by atoms with Gasteiger partial charge < -0.3 is 15.5 Å². The van der Waals surface area contributed by atoms with Crippen molar-refractivity contribution in [3.8, 4) is 0 Å². The molecule has 0 spiro atoms. The summed E-state index contributed by atoms with van der Waals surface area (Å²) in [5.41, 5.74) is 0. The van der Waals surface area contributed by atoms with Crippen LogP contribution in [0.25, 0.3) is 0 Å². The molecule has 0 aliphatic carbocycles. The Kier molecular flexibility index (Phi) is 5.47. The second-order valence-electron chi connectivity index (χ2n) is 5.54. The van der Waals surface area contributed by atoms with E-state index in [4.69, 9.17) is 11.6 Å². The molecule has 128 valence electrons. The molecule has 9 heteroatoms. The number of guanidine groups is 1. The van der Waals surface area contributed by atoms with Crippen molar-refractivity contribution in [2.75, 3.05) is 31.6 Å². The number of rotatable bonds is 5. The Bertz CT molecular complexity index is 672. The largest absolute Gasteiger partial charge is 0.355 e. The molecule has 2 aromatic heterocycles. The maximum Gasteiger partial charge on any atom is 0.191 e. The van der Waals surface area contributed by atoms with Crippen LogP contribution in [-0.4, -0.2) is 58.4 Å². The van der Waals surface area contributed by atoms with Crippen LogP contribution in [0.3, 0.4) is 0 Å². The minimum Gasteiger partial charge on any atom is -0.355 e. The van der Waals surface area contributed by atoms with Gasteiger partial charge in [0.15, 0.2) is 5.96 Å². The molecule has 3 rings (SSSR count). The Balaban J connectivity index is 1.47. The summed E-state index contributed by atoms with van der Waals surface area (Å²) in [4.78, 5) is 14.8. The zero-order valence-electron chi connectivity index (χ0n) is 13.6. The summed E-state index contributed by atoms with van der Waals surface area (Å²) in [5, 5.41) is 11.5. The molecule has 0 radical (unpaired) electrons. The highest BCUT2D eigenvalue weighted by Crippen LogP contribution is 2.25. The van der Waals surface area contributed by atoms with Crippen LogP contribution in [0.1, 0.15) is 6.42 Å². The molecule has 8 nitrogen and oxygen atoms in total. The van der Waals surface area contributed by atoms with Crippen molar-refractivity contribution in [1.82, 2.24) is 30.4 Å². The average Bonchev–Trinajstić information content (AvgIpc) is 3.26. The molecule has 0 amide bonds. The lowest BCUT2D eigenvalue weighted by Gasteiger charge is -2.20. The number of hydrogen-bond donors (Lipinski definition) is 2. The van der Waals surface area contributed by atoms with Crippen molar-refractivity contribution in [1.29, 1.82) is 0 Å². The molecule has 1 saturated heterocycles. The van der Waals surface area contributed by atoms with Gasteiger partial charge in [-0.3, -0.25) is 9.67 Å². The summed E-state index contributed by atoms with van der Waals surface area (Å²) >= 11 is 6.23. The van der Waals surface area contributed by atoms with Gasteiger partial charge >= 0.3 is 0 Å². The van der Waals surface area contributed by atoms with E-state index in [9.17, 15) is 0 Å². The molecular formula is C15H21ClN8. The fourth-order valence-corrected chi connectivity index (χ4v) is 2.95. The third-order valence-corrected chi connectivity index (χ3v) is 4.19. The van der Waals surface area contributed by atoms with Crippen LogP contribution in [0.2, 0.25) is 5.02 Å². The molecule has 2 N–H and O–H groups in total. The maximum absolute atomic E-state index is 6.23. The zero-order valence-corrected chi connectivity index (χ0v) is 14.3. The van der Waals surface area contributed by atoms with Crippen LogP contribution < -0.4 is 15.5 Å². The number of nitrogens with one attached hydrogen (secondary N) is 2. The summed E-state index contributed by atoms with van der Waals surface area (Å²) in [6.45, 7) is 3.23. The zero-order chi connectivity index (χ0) is 16.8. The molecule has 0 saturated carbocycles. The lowest BCUT2D eigenvalue weighted by molar-refractivity contribution is 0.586. The van der Waals surface area contributed by atoms with E-state index >= 15 is 0 Å². The number of halogens is 1. The summed E-state index contributed by atoms with van der Waals surface area (Å²) in [7, 11) is 1.77. The summed E-state index contributed by atoms with van der Waals surface area (Å²) in [6.07, 6.45) is 6.01. The Labute approximate surface area is 146 Å². The third kappa shape index (κ3) is 4.14. The number of hydrogen-bond acceptors (Lipinski definition) is 5. The van der Waals surface area contributed by atoms with E-state index in [0.717, 1.165) is 44.4 Å². The predicted molar refractivity (Wildman–Crippen MR) is 94.4 cm³/mol. The fourth-order valence-electron chi connectivity index (χ4n) is 2.71. The number of pyridine rings is 1. The van der Waals surface area contributed by atoms with Gasteiger partial charge in [0, 0.05) is 38.9 Å². The average molecular weight is 349 g/mol. The fraction of sp³-hybridized carbons (Fsp3) is 0.467. The first kappa shape index (κ1) is 16.5. The monoisotopic (exact) mass is 348 g/mol. The highest BCUT2D eigenvalue weighted by atomic mass is 35.5. The first-order valence-electron chi connectivity index (χ1n) is 7.91.